The minimum Gasteiger partial charge on any atom is -0.484 e. The van der Waals surface area contributed by atoms with Crippen molar-refractivity contribution in [2.75, 3.05) is 45.6 Å². The molecular formula is C14H18F3N3O2. The quantitative estimate of drug-likeness (QED) is 0.857. The molecule has 1 aromatic rings. The fourth-order valence-corrected chi connectivity index (χ4v) is 2.18. The van der Waals surface area contributed by atoms with Crippen molar-refractivity contribution in [1.82, 2.24) is 9.80 Å². The van der Waals surface area contributed by atoms with E-state index in [1.807, 2.05) is 7.05 Å². The maximum absolute atomic E-state index is 12.6. The Labute approximate surface area is 126 Å². The summed E-state index contributed by atoms with van der Waals surface area (Å²) in [5.74, 6) is -0.0421. The molecule has 0 radical (unpaired) electrons. The number of rotatable bonds is 3. The second kappa shape index (κ2) is 6.43. The Morgan fingerprint density at radius 3 is 2.45 bits per heavy atom. The van der Waals surface area contributed by atoms with Gasteiger partial charge in [0.05, 0.1) is 5.56 Å². The molecular weight excluding hydrogens is 299 g/mol. The molecule has 0 aliphatic carbocycles. The monoisotopic (exact) mass is 317 g/mol. The van der Waals surface area contributed by atoms with Gasteiger partial charge in [0, 0.05) is 37.9 Å². The molecule has 0 saturated carbocycles. The first-order valence-corrected chi connectivity index (χ1v) is 6.83. The van der Waals surface area contributed by atoms with Crippen LogP contribution in [0, 0.1) is 0 Å². The number of likely N-dealkylation sites (N-methyl/N-ethyl adjacent to an activating group) is 1. The van der Waals surface area contributed by atoms with E-state index in [0.29, 0.717) is 13.1 Å². The van der Waals surface area contributed by atoms with Crippen LogP contribution in [-0.2, 0) is 11.0 Å². The molecule has 0 atom stereocenters. The Bertz CT molecular complexity index is 541. The Hall–Kier alpha value is -1.96. The average Bonchev–Trinajstić information content (AvgIpc) is 2.44. The molecule has 1 aliphatic heterocycles. The molecule has 2 N–H and O–H groups in total. The van der Waals surface area contributed by atoms with Gasteiger partial charge in [-0.05, 0) is 19.2 Å². The van der Waals surface area contributed by atoms with E-state index in [9.17, 15) is 18.0 Å². The average molecular weight is 317 g/mol. The van der Waals surface area contributed by atoms with E-state index in [1.54, 1.807) is 4.90 Å². The summed E-state index contributed by atoms with van der Waals surface area (Å²) in [6.45, 7) is 2.61. The minimum atomic E-state index is -4.50. The first kappa shape index (κ1) is 16.4. The van der Waals surface area contributed by atoms with Gasteiger partial charge < -0.3 is 20.3 Å². The lowest BCUT2D eigenvalue weighted by molar-refractivity contribution is -0.137. The van der Waals surface area contributed by atoms with Crippen molar-refractivity contribution < 1.29 is 22.7 Å². The molecule has 0 bridgehead atoms. The summed E-state index contributed by atoms with van der Waals surface area (Å²) < 4.78 is 43.0. The zero-order valence-electron chi connectivity index (χ0n) is 12.2. The number of carbonyl (C=O) groups is 1. The number of amides is 1. The molecule has 22 heavy (non-hydrogen) atoms. The standard InChI is InChI=1S/C14H18F3N3O2/c1-19-4-6-20(7-5-19)13(21)9-22-10-2-3-11(12(18)8-10)14(15,16)17/h2-3,8H,4-7,9,18H2,1H3. The van der Waals surface area contributed by atoms with E-state index < -0.39 is 17.4 Å². The molecule has 0 aromatic heterocycles. The maximum Gasteiger partial charge on any atom is 0.418 e. The van der Waals surface area contributed by atoms with Gasteiger partial charge in [0.1, 0.15) is 5.75 Å². The number of hydrogen-bond acceptors (Lipinski definition) is 4. The molecule has 1 aromatic carbocycles. The molecule has 8 heteroatoms. The van der Waals surface area contributed by atoms with Gasteiger partial charge in [-0.25, -0.2) is 0 Å². The van der Waals surface area contributed by atoms with Gasteiger partial charge in [0.25, 0.3) is 5.91 Å². The molecule has 2 rings (SSSR count). The SMILES string of the molecule is CN1CCN(C(=O)COc2ccc(C(F)(F)F)c(N)c2)CC1. The fraction of sp³-hybridized carbons (Fsp3) is 0.500. The summed E-state index contributed by atoms with van der Waals surface area (Å²) in [4.78, 5) is 15.7. The van der Waals surface area contributed by atoms with Crippen LogP contribution in [0.15, 0.2) is 18.2 Å². The van der Waals surface area contributed by atoms with Crippen molar-refractivity contribution in [3.63, 3.8) is 0 Å². The van der Waals surface area contributed by atoms with Crippen LogP contribution < -0.4 is 10.5 Å². The van der Waals surface area contributed by atoms with Gasteiger partial charge in [0.2, 0.25) is 0 Å². The third-order valence-electron chi connectivity index (χ3n) is 3.55. The topological polar surface area (TPSA) is 58.8 Å². The number of halogens is 3. The number of anilines is 1. The molecule has 0 spiro atoms. The lowest BCUT2D eigenvalue weighted by atomic mass is 10.1. The first-order valence-electron chi connectivity index (χ1n) is 6.83. The number of nitrogens with two attached hydrogens (primary N) is 1. The van der Waals surface area contributed by atoms with Crippen LogP contribution >= 0.6 is 0 Å². The van der Waals surface area contributed by atoms with E-state index in [2.05, 4.69) is 4.90 Å². The van der Waals surface area contributed by atoms with Crippen molar-refractivity contribution in [1.29, 1.82) is 0 Å². The smallest absolute Gasteiger partial charge is 0.418 e. The largest absolute Gasteiger partial charge is 0.484 e. The second-order valence-electron chi connectivity index (χ2n) is 5.22. The summed E-state index contributed by atoms with van der Waals surface area (Å²) in [5, 5.41) is 0. The zero-order chi connectivity index (χ0) is 16.3. The molecule has 1 amide bonds. The molecule has 1 heterocycles. The molecule has 1 fully saturated rings. The van der Waals surface area contributed by atoms with Crippen molar-refractivity contribution in [2.45, 2.75) is 6.18 Å². The van der Waals surface area contributed by atoms with E-state index >= 15 is 0 Å². The number of benzene rings is 1. The Kier molecular flexibility index (Phi) is 4.80. The van der Waals surface area contributed by atoms with Crippen LogP contribution in [0.2, 0.25) is 0 Å². The van der Waals surface area contributed by atoms with E-state index in [1.165, 1.54) is 0 Å². The highest BCUT2D eigenvalue weighted by Gasteiger charge is 2.33. The summed E-state index contributed by atoms with van der Waals surface area (Å²) in [5.41, 5.74) is 4.04. The lowest BCUT2D eigenvalue weighted by Crippen LogP contribution is -2.48. The number of piperazine rings is 1. The van der Waals surface area contributed by atoms with Gasteiger partial charge in [-0.2, -0.15) is 13.2 Å². The van der Waals surface area contributed by atoms with Crippen molar-refractivity contribution in [3.8, 4) is 5.75 Å². The van der Waals surface area contributed by atoms with E-state index in [0.717, 1.165) is 31.3 Å². The van der Waals surface area contributed by atoms with E-state index in [-0.39, 0.29) is 18.3 Å². The number of hydrogen-bond donors (Lipinski definition) is 1. The van der Waals surface area contributed by atoms with Crippen LogP contribution in [0.4, 0.5) is 18.9 Å². The first-order chi connectivity index (χ1) is 10.3. The Balaban J connectivity index is 1.92. The molecule has 1 aliphatic rings. The highest BCUT2D eigenvalue weighted by Crippen LogP contribution is 2.35. The van der Waals surface area contributed by atoms with Crippen LogP contribution in [0.25, 0.3) is 0 Å². The van der Waals surface area contributed by atoms with Crippen LogP contribution in [-0.4, -0.2) is 55.5 Å². The van der Waals surface area contributed by atoms with Crippen LogP contribution in [0.5, 0.6) is 5.75 Å². The highest BCUT2D eigenvalue weighted by atomic mass is 19.4. The van der Waals surface area contributed by atoms with Crippen LogP contribution in [0.1, 0.15) is 5.56 Å². The summed E-state index contributed by atoms with van der Waals surface area (Å²) in [7, 11) is 1.98. The van der Waals surface area contributed by atoms with Gasteiger partial charge in [-0.15, -0.1) is 0 Å². The number of nitrogens with zero attached hydrogens (tertiary/aromatic N) is 2. The summed E-state index contributed by atoms with van der Waals surface area (Å²) in [6.07, 6.45) is -4.50. The number of nitrogen functional groups attached to an aromatic ring is 1. The predicted octanol–water partition coefficient (Wildman–Crippen LogP) is 1.44. The molecule has 1 saturated heterocycles. The predicted molar refractivity (Wildman–Crippen MR) is 75.4 cm³/mol. The second-order valence-corrected chi connectivity index (χ2v) is 5.22. The van der Waals surface area contributed by atoms with Gasteiger partial charge in [0.15, 0.2) is 6.61 Å². The van der Waals surface area contributed by atoms with Gasteiger partial charge in [-0.1, -0.05) is 0 Å². The Morgan fingerprint density at radius 1 is 1.27 bits per heavy atom. The fourth-order valence-electron chi connectivity index (χ4n) is 2.18. The van der Waals surface area contributed by atoms with Gasteiger partial charge >= 0.3 is 6.18 Å². The maximum atomic E-state index is 12.6. The highest BCUT2D eigenvalue weighted by molar-refractivity contribution is 5.78. The Morgan fingerprint density at radius 2 is 1.91 bits per heavy atom. The number of carbonyl (C=O) groups excluding carboxylic acids is 1. The van der Waals surface area contributed by atoms with E-state index in [4.69, 9.17) is 10.5 Å². The van der Waals surface area contributed by atoms with Gasteiger partial charge in [-0.3, -0.25) is 4.79 Å². The van der Waals surface area contributed by atoms with Crippen molar-refractivity contribution in [3.05, 3.63) is 23.8 Å². The van der Waals surface area contributed by atoms with Crippen molar-refractivity contribution >= 4 is 11.6 Å². The number of alkyl halides is 3. The third kappa shape index (κ3) is 4.03. The summed E-state index contributed by atoms with van der Waals surface area (Å²) >= 11 is 0. The molecule has 122 valence electrons. The number of ether oxygens (including phenoxy) is 1. The van der Waals surface area contributed by atoms with Crippen molar-refractivity contribution in [2.24, 2.45) is 0 Å². The zero-order valence-corrected chi connectivity index (χ0v) is 12.2. The summed E-state index contributed by atoms with van der Waals surface area (Å²) in [6, 6.07) is 3.10. The van der Waals surface area contributed by atoms with Crippen LogP contribution in [0.3, 0.4) is 0 Å². The molecule has 0 unspecified atom stereocenters. The third-order valence-corrected chi connectivity index (χ3v) is 3.55. The normalized spacial score (nSPS) is 16.6. The molecule has 5 nitrogen and oxygen atoms in total. The minimum absolute atomic E-state index is 0.146. The lowest BCUT2D eigenvalue weighted by Gasteiger charge is -2.32.